The van der Waals surface area contributed by atoms with E-state index in [1.165, 1.54) is 6.07 Å². The van der Waals surface area contributed by atoms with Crippen molar-refractivity contribution >= 4 is 5.91 Å². The van der Waals surface area contributed by atoms with Crippen molar-refractivity contribution in [3.8, 4) is 0 Å². The first-order valence-electron chi connectivity index (χ1n) is 6.92. The quantitative estimate of drug-likeness (QED) is 0.830. The maximum Gasteiger partial charge on any atom is 0.251 e. The summed E-state index contributed by atoms with van der Waals surface area (Å²) in [5.74, 6) is -0.0721. The van der Waals surface area contributed by atoms with Gasteiger partial charge in [-0.3, -0.25) is 9.59 Å². The third-order valence-electron chi connectivity index (χ3n) is 3.90. The molecule has 1 atom stereocenters. The topological polar surface area (TPSA) is 77.1 Å². The molecule has 1 aromatic rings. The zero-order valence-electron chi connectivity index (χ0n) is 10.9. The van der Waals surface area contributed by atoms with E-state index in [1.54, 1.807) is 4.57 Å². The summed E-state index contributed by atoms with van der Waals surface area (Å²) in [6.07, 6.45) is 4.86. The molecule has 0 radical (unpaired) electrons. The number of amides is 1. The Morgan fingerprint density at radius 3 is 2.89 bits per heavy atom. The number of nitrogens with one attached hydrogen (secondary N) is 1. The summed E-state index contributed by atoms with van der Waals surface area (Å²) in [6, 6.07) is 3.65. The number of carbonyl (C=O) groups excluding carboxylic acids is 1. The molecule has 5 heteroatoms. The van der Waals surface area contributed by atoms with Crippen LogP contribution in [0.25, 0.3) is 0 Å². The number of rotatable bonds is 3. The fourth-order valence-electron chi connectivity index (χ4n) is 2.72. The van der Waals surface area contributed by atoms with Gasteiger partial charge in [-0.1, -0.05) is 6.07 Å². The summed E-state index contributed by atoms with van der Waals surface area (Å²) in [7, 11) is 0. The molecule has 3 rings (SSSR count). The monoisotopic (exact) mass is 261 g/mol. The lowest BCUT2D eigenvalue weighted by molar-refractivity contribution is -0.121. The van der Waals surface area contributed by atoms with Crippen LogP contribution in [0.1, 0.15) is 43.0 Å². The zero-order chi connectivity index (χ0) is 13.4. The first kappa shape index (κ1) is 12.4. The molecule has 0 spiro atoms. The van der Waals surface area contributed by atoms with Crippen molar-refractivity contribution in [2.45, 2.75) is 50.7 Å². The lowest BCUT2D eigenvalue weighted by Crippen LogP contribution is -2.36. The molecule has 3 N–H and O–H groups in total. The molecule has 0 saturated heterocycles. The number of hydrogen-bond donors (Lipinski definition) is 2. The van der Waals surface area contributed by atoms with Gasteiger partial charge < -0.3 is 15.6 Å². The minimum Gasteiger partial charge on any atom is -0.352 e. The van der Waals surface area contributed by atoms with Gasteiger partial charge in [-0.25, -0.2) is 0 Å². The van der Waals surface area contributed by atoms with Crippen molar-refractivity contribution in [1.82, 2.24) is 9.88 Å². The molecule has 19 heavy (non-hydrogen) atoms. The highest BCUT2D eigenvalue weighted by atomic mass is 16.2. The number of fused-ring (bicyclic) bond motifs is 1. The molecule has 0 aromatic carbocycles. The Morgan fingerprint density at radius 2 is 2.16 bits per heavy atom. The van der Waals surface area contributed by atoms with Gasteiger partial charge in [-0.05, 0) is 37.7 Å². The standard InChI is InChI=1S/C14H19N3O2/c15-11-2-1-3-12-10(11)6-7-14(19)17(12)8-13(18)16-9-4-5-9/h6-7,9,11H,1-5,8,15H2,(H,16,18). The molecule has 1 heterocycles. The third kappa shape index (κ3) is 2.56. The third-order valence-corrected chi connectivity index (χ3v) is 3.90. The SMILES string of the molecule is NC1CCCc2c1ccc(=O)n2CC(=O)NC1CC1. The number of carbonyl (C=O) groups is 1. The molecule has 1 fully saturated rings. The van der Waals surface area contributed by atoms with Crippen LogP contribution in [0.5, 0.6) is 0 Å². The number of aromatic nitrogens is 1. The normalized spacial score (nSPS) is 21.8. The zero-order valence-corrected chi connectivity index (χ0v) is 10.9. The molecule has 2 aliphatic rings. The Labute approximate surface area is 111 Å². The second kappa shape index (κ2) is 4.81. The maximum atomic E-state index is 12.0. The van der Waals surface area contributed by atoms with Crippen LogP contribution in [0.3, 0.4) is 0 Å². The Balaban J connectivity index is 1.88. The van der Waals surface area contributed by atoms with Crippen LogP contribution < -0.4 is 16.6 Å². The number of hydrogen-bond acceptors (Lipinski definition) is 3. The van der Waals surface area contributed by atoms with Crippen LogP contribution in [0.15, 0.2) is 16.9 Å². The summed E-state index contributed by atoms with van der Waals surface area (Å²) < 4.78 is 1.59. The molecule has 2 aliphatic carbocycles. The molecule has 1 amide bonds. The second-order valence-electron chi connectivity index (χ2n) is 5.50. The summed E-state index contributed by atoms with van der Waals surface area (Å²) >= 11 is 0. The number of nitrogens with two attached hydrogens (primary N) is 1. The van der Waals surface area contributed by atoms with Crippen LogP contribution >= 0.6 is 0 Å². The van der Waals surface area contributed by atoms with E-state index in [-0.39, 0.29) is 24.1 Å². The Kier molecular flexibility index (Phi) is 3.14. The highest BCUT2D eigenvalue weighted by Crippen LogP contribution is 2.26. The van der Waals surface area contributed by atoms with Crippen molar-refractivity contribution in [3.63, 3.8) is 0 Å². The Hall–Kier alpha value is -1.62. The lowest BCUT2D eigenvalue weighted by Gasteiger charge is -2.25. The molecule has 102 valence electrons. The summed E-state index contributed by atoms with van der Waals surface area (Å²) in [6.45, 7) is 0.116. The first-order chi connectivity index (χ1) is 9.15. The molecule has 5 nitrogen and oxygen atoms in total. The van der Waals surface area contributed by atoms with Gasteiger partial charge in [0.05, 0.1) is 0 Å². The van der Waals surface area contributed by atoms with Gasteiger partial charge in [0.25, 0.3) is 5.56 Å². The van der Waals surface area contributed by atoms with Crippen LogP contribution in [0, 0.1) is 0 Å². The van der Waals surface area contributed by atoms with E-state index in [0.29, 0.717) is 6.04 Å². The molecule has 1 aromatic heterocycles. The van der Waals surface area contributed by atoms with Crippen LogP contribution in [0.2, 0.25) is 0 Å². The van der Waals surface area contributed by atoms with Gasteiger partial charge in [0.15, 0.2) is 0 Å². The number of nitrogens with zero attached hydrogens (tertiary/aromatic N) is 1. The molecular formula is C14H19N3O2. The summed E-state index contributed by atoms with van der Waals surface area (Å²) in [5.41, 5.74) is 7.92. The predicted octanol–water partition coefficient (Wildman–Crippen LogP) is 0.463. The van der Waals surface area contributed by atoms with E-state index >= 15 is 0 Å². The van der Waals surface area contributed by atoms with Crippen LogP contribution in [0.4, 0.5) is 0 Å². The van der Waals surface area contributed by atoms with E-state index in [1.807, 2.05) is 6.07 Å². The highest BCUT2D eigenvalue weighted by Gasteiger charge is 2.25. The maximum absolute atomic E-state index is 12.0. The van der Waals surface area contributed by atoms with Crippen molar-refractivity contribution in [1.29, 1.82) is 0 Å². The Bertz CT molecular complexity index is 560. The molecule has 1 unspecified atom stereocenters. The van der Waals surface area contributed by atoms with Crippen molar-refractivity contribution in [3.05, 3.63) is 33.7 Å². The van der Waals surface area contributed by atoms with Gasteiger partial charge in [-0.15, -0.1) is 0 Å². The van der Waals surface area contributed by atoms with Gasteiger partial charge >= 0.3 is 0 Å². The van der Waals surface area contributed by atoms with Gasteiger partial charge in [-0.2, -0.15) is 0 Å². The van der Waals surface area contributed by atoms with E-state index < -0.39 is 0 Å². The van der Waals surface area contributed by atoms with Gasteiger partial charge in [0.1, 0.15) is 6.54 Å². The van der Waals surface area contributed by atoms with Crippen molar-refractivity contribution in [2.75, 3.05) is 0 Å². The largest absolute Gasteiger partial charge is 0.352 e. The second-order valence-corrected chi connectivity index (χ2v) is 5.50. The average molecular weight is 261 g/mol. The van der Waals surface area contributed by atoms with Crippen LogP contribution in [-0.4, -0.2) is 16.5 Å². The fourth-order valence-corrected chi connectivity index (χ4v) is 2.72. The smallest absolute Gasteiger partial charge is 0.251 e. The average Bonchev–Trinajstić information content (AvgIpc) is 3.17. The van der Waals surface area contributed by atoms with Crippen molar-refractivity contribution < 1.29 is 4.79 Å². The van der Waals surface area contributed by atoms with Crippen molar-refractivity contribution in [2.24, 2.45) is 5.73 Å². The number of pyridine rings is 1. The molecular weight excluding hydrogens is 242 g/mol. The minimum atomic E-state index is -0.112. The summed E-state index contributed by atoms with van der Waals surface area (Å²) in [5, 5.41) is 2.92. The summed E-state index contributed by atoms with van der Waals surface area (Å²) in [4.78, 5) is 23.9. The highest BCUT2D eigenvalue weighted by molar-refractivity contribution is 5.76. The first-order valence-corrected chi connectivity index (χ1v) is 6.92. The lowest BCUT2D eigenvalue weighted by atomic mass is 9.91. The van der Waals surface area contributed by atoms with Gasteiger partial charge in [0, 0.05) is 23.8 Å². The predicted molar refractivity (Wildman–Crippen MR) is 71.7 cm³/mol. The molecule has 0 aliphatic heterocycles. The van der Waals surface area contributed by atoms with E-state index in [2.05, 4.69) is 5.32 Å². The molecule has 1 saturated carbocycles. The Morgan fingerprint density at radius 1 is 1.37 bits per heavy atom. The molecule has 0 bridgehead atoms. The van der Waals surface area contributed by atoms with E-state index in [0.717, 1.165) is 43.4 Å². The van der Waals surface area contributed by atoms with Crippen LogP contribution in [-0.2, 0) is 17.8 Å². The minimum absolute atomic E-state index is 0.0120. The van der Waals surface area contributed by atoms with E-state index in [9.17, 15) is 9.59 Å². The van der Waals surface area contributed by atoms with E-state index in [4.69, 9.17) is 5.73 Å². The van der Waals surface area contributed by atoms with Gasteiger partial charge in [0.2, 0.25) is 5.91 Å². The fraction of sp³-hybridized carbons (Fsp3) is 0.571.